The number of phenols is 1. The fourth-order valence-corrected chi connectivity index (χ4v) is 6.21. The van der Waals surface area contributed by atoms with Crippen molar-refractivity contribution in [1.29, 1.82) is 0 Å². The van der Waals surface area contributed by atoms with E-state index in [9.17, 15) is 9.90 Å². The number of aromatic nitrogens is 2. The molecule has 0 radical (unpaired) electrons. The topological polar surface area (TPSA) is 94.5 Å². The van der Waals surface area contributed by atoms with E-state index < -0.39 is 5.82 Å². The van der Waals surface area contributed by atoms with Gasteiger partial charge in [-0.05, 0) is 48.6 Å². The minimum atomic E-state index is -0.625. The zero-order valence-corrected chi connectivity index (χ0v) is 26.8. The van der Waals surface area contributed by atoms with E-state index >= 15 is 4.39 Å². The van der Waals surface area contributed by atoms with Crippen LogP contribution in [0.2, 0.25) is 5.02 Å². The maximum absolute atomic E-state index is 16.7. The summed E-state index contributed by atoms with van der Waals surface area (Å²) >= 11 is 6.84. The fourth-order valence-electron chi connectivity index (χ4n) is 5.91. The van der Waals surface area contributed by atoms with Gasteiger partial charge in [0.05, 0.1) is 18.2 Å². The van der Waals surface area contributed by atoms with E-state index in [0.717, 1.165) is 23.9 Å². The molecule has 3 aromatic carbocycles. The average Bonchev–Trinajstić information content (AvgIpc) is 3.05. The normalized spacial score (nSPS) is 16.3. The Hall–Kier alpha value is -4.03. The molecule has 2 aliphatic heterocycles. The third-order valence-corrected chi connectivity index (χ3v) is 8.62. The molecular formula is C34H38ClFN6O4. The zero-order valence-electron chi connectivity index (χ0n) is 26.1. The van der Waals surface area contributed by atoms with Gasteiger partial charge < -0.3 is 29.3 Å². The fraction of sp³-hybridized carbons (Fsp3) is 0.382. The number of likely N-dealkylation sites (N-methyl/N-ethyl adjacent to an activating group) is 1. The van der Waals surface area contributed by atoms with Crippen LogP contribution in [0.3, 0.4) is 0 Å². The molecule has 0 bridgehead atoms. The highest BCUT2D eigenvalue weighted by atomic mass is 35.5. The minimum Gasteiger partial charge on any atom is -0.508 e. The van der Waals surface area contributed by atoms with Gasteiger partial charge >= 0.3 is 6.01 Å². The summed E-state index contributed by atoms with van der Waals surface area (Å²) in [5, 5.41) is 12.6. The molecule has 0 aliphatic carbocycles. The Morgan fingerprint density at radius 2 is 1.83 bits per heavy atom. The first-order valence-corrected chi connectivity index (χ1v) is 15.9. The number of carbonyl (C=O) groups is 1. The number of hydrogen-bond donors (Lipinski definition) is 1. The van der Waals surface area contributed by atoms with Crippen LogP contribution in [0.5, 0.6) is 11.8 Å². The third kappa shape index (κ3) is 7.02. The minimum absolute atomic E-state index is 0.00347. The monoisotopic (exact) mass is 648 g/mol. The number of benzene rings is 3. The van der Waals surface area contributed by atoms with Gasteiger partial charge in [0.1, 0.15) is 23.7 Å². The van der Waals surface area contributed by atoms with Gasteiger partial charge in [0.2, 0.25) is 5.91 Å². The Morgan fingerprint density at radius 1 is 1.07 bits per heavy atom. The number of rotatable bonds is 9. The first-order valence-electron chi connectivity index (χ1n) is 15.5. The van der Waals surface area contributed by atoms with Crippen molar-refractivity contribution in [3.05, 3.63) is 65.5 Å². The highest BCUT2D eigenvalue weighted by Crippen LogP contribution is 2.42. The first kappa shape index (κ1) is 31.9. The number of halogens is 2. The van der Waals surface area contributed by atoms with Crippen LogP contribution < -0.4 is 9.64 Å². The molecule has 10 nitrogen and oxygen atoms in total. The smallest absolute Gasteiger partial charge is 0.319 e. The maximum Gasteiger partial charge on any atom is 0.319 e. The molecule has 0 saturated carbocycles. The number of morpholine rings is 1. The van der Waals surface area contributed by atoms with E-state index in [2.05, 4.69) is 9.88 Å². The van der Waals surface area contributed by atoms with Crippen LogP contribution in [0.25, 0.3) is 32.8 Å². The van der Waals surface area contributed by atoms with E-state index in [1.807, 2.05) is 54.2 Å². The molecule has 46 heavy (non-hydrogen) atoms. The molecular weight excluding hydrogens is 611 g/mol. The molecule has 2 aliphatic rings. The second-order valence-electron chi connectivity index (χ2n) is 11.8. The second kappa shape index (κ2) is 14.2. The summed E-state index contributed by atoms with van der Waals surface area (Å²) in [6.45, 7) is 6.58. The summed E-state index contributed by atoms with van der Waals surface area (Å²) in [6.07, 6.45) is 3.46. The van der Waals surface area contributed by atoms with E-state index in [-0.39, 0.29) is 33.8 Å². The highest BCUT2D eigenvalue weighted by molar-refractivity contribution is 6.35. The molecule has 0 unspecified atom stereocenters. The SMILES string of the molecule is CN(C)CC=CC(=O)N1CCN(c2nc(OCCN3CCOCC3)nc3c(F)c(-c4cc(O)cc5ccccc45)c(Cl)cc23)CC1. The highest BCUT2D eigenvalue weighted by Gasteiger charge is 2.27. The van der Waals surface area contributed by atoms with Crippen molar-refractivity contribution in [1.82, 2.24) is 24.7 Å². The number of fused-ring (bicyclic) bond motifs is 2. The van der Waals surface area contributed by atoms with Gasteiger partial charge in [0, 0.05) is 69.4 Å². The van der Waals surface area contributed by atoms with E-state index in [0.29, 0.717) is 75.9 Å². The Kier molecular flexibility index (Phi) is 9.83. The van der Waals surface area contributed by atoms with Crippen molar-refractivity contribution in [2.75, 3.05) is 91.2 Å². The van der Waals surface area contributed by atoms with Gasteiger partial charge in [-0.25, -0.2) is 4.39 Å². The molecule has 0 spiro atoms. The van der Waals surface area contributed by atoms with Gasteiger partial charge in [0.15, 0.2) is 5.82 Å². The van der Waals surface area contributed by atoms with Crippen LogP contribution in [-0.2, 0) is 9.53 Å². The van der Waals surface area contributed by atoms with Crippen LogP contribution in [0.1, 0.15) is 0 Å². The van der Waals surface area contributed by atoms with Crippen molar-refractivity contribution in [3.8, 4) is 22.9 Å². The molecule has 0 atom stereocenters. The standard InChI is InChI=1S/C34H38ClFN6O4/c1-39(2)9-5-8-29(44)41-10-12-42(13-11-41)33-27-22-28(35)30(26-21-24(43)20-23-6-3-4-7-25(23)26)31(36)32(27)37-34(38-33)46-19-16-40-14-17-45-18-15-40/h3-8,20-22,43H,9-19H2,1-2H3. The van der Waals surface area contributed by atoms with E-state index in [1.54, 1.807) is 23.1 Å². The van der Waals surface area contributed by atoms with E-state index in [4.69, 9.17) is 26.1 Å². The van der Waals surface area contributed by atoms with Crippen LogP contribution in [0.4, 0.5) is 10.2 Å². The molecule has 2 saturated heterocycles. The largest absolute Gasteiger partial charge is 0.508 e. The second-order valence-corrected chi connectivity index (χ2v) is 12.2. The molecule has 2 fully saturated rings. The van der Waals surface area contributed by atoms with Gasteiger partial charge in [0.25, 0.3) is 0 Å². The lowest BCUT2D eigenvalue weighted by Gasteiger charge is -2.35. The Labute approximate surface area is 272 Å². The van der Waals surface area contributed by atoms with Gasteiger partial charge in [-0.15, -0.1) is 0 Å². The molecule has 242 valence electrons. The quantitative estimate of drug-likeness (QED) is 0.265. The number of ether oxygens (including phenoxy) is 2. The number of hydrogen-bond acceptors (Lipinski definition) is 9. The molecule has 4 aromatic rings. The zero-order chi connectivity index (χ0) is 32.2. The van der Waals surface area contributed by atoms with Crippen LogP contribution in [-0.4, -0.2) is 122 Å². The summed E-state index contributed by atoms with van der Waals surface area (Å²) in [5.74, 6) is -0.170. The maximum atomic E-state index is 16.7. The molecule has 12 heteroatoms. The lowest BCUT2D eigenvalue weighted by atomic mass is 9.96. The summed E-state index contributed by atoms with van der Waals surface area (Å²) in [6, 6.07) is 12.3. The molecule has 3 heterocycles. The Bertz CT molecular complexity index is 1760. The molecule has 1 amide bonds. The van der Waals surface area contributed by atoms with Crippen LogP contribution >= 0.6 is 11.6 Å². The Morgan fingerprint density at radius 3 is 2.59 bits per heavy atom. The molecule has 1 aromatic heterocycles. The number of piperazine rings is 1. The van der Waals surface area contributed by atoms with Crippen molar-refractivity contribution >= 4 is 45.0 Å². The number of carbonyl (C=O) groups excluding carboxylic acids is 1. The third-order valence-electron chi connectivity index (χ3n) is 8.32. The van der Waals surface area contributed by atoms with Crippen molar-refractivity contribution in [3.63, 3.8) is 0 Å². The molecule has 1 N–H and O–H groups in total. The number of phenolic OH excluding ortho intramolecular Hbond substituents is 1. The summed E-state index contributed by atoms with van der Waals surface area (Å²) < 4.78 is 28.2. The van der Waals surface area contributed by atoms with Crippen LogP contribution in [0, 0.1) is 5.82 Å². The number of anilines is 1. The van der Waals surface area contributed by atoms with E-state index in [1.165, 1.54) is 6.07 Å². The van der Waals surface area contributed by atoms with Crippen molar-refractivity contribution in [2.24, 2.45) is 0 Å². The summed E-state index contributed by atoms with van der Waals surface area (Å²) in [5.41, 5.74) is 0.679. The summed E-state index contributed by atoms with van der Waals surface area (Å²) in [4.78, 5) is 30.1. The van der Waals surface area contributed by atoms with Crippen LogP contribution in [0.15, 0.2) is 54.6 Å². The number of aromatic hydroxyl groups is 1. The predicted octanol–water partition coefficient (Wildman–Crippen LogP) is 4.43. The number of amides is 1. The lowest BCUT2D eigenvalue weighted by Crippen LogP contribution is -2.48. The van der Waals surface area contributed by atoms with Crippen molar-refractivity contribution < 1.29 is 23.8 Å². The average molecular weight is 649 g/mol. The van der Waals surface area contributed by atoms with Gasteiger partial charge in [-0.2, -0.15) is 9.97 Å². The Balaban J connectivity index is 1.35. The lowest BCUT2D eigenvalue weighted by molar-refractivity contribution is -0.126. The van der Waals surface area contributed by atoms with Crippen molar-refractivity contribution in [2.45, 2.75) is 0 Å². The molecule has 6 rings (SSSR count). The van der Waals surface area contributed by atoms with Gasteiger partial charge in [-0.3, -0.25) is 9.69 Å². The predicted molar refractivity (Wildman–Crippen MR) is 178 cm³/mol. The number of nitrogens with zero attached hydrogens (tertiary/aromatic N) is 6. The van der Waals surface area contributed by atoms with Gasteiger partial charge in [-0.1, -0.05) is 41.9 Å². The first-order chi connectivity index (χ1) is 22.3. The summed E-state index contributed by atoms with van der Waals surface area (Å²) in [7, 11) is 3.90.